The lowest BCUT2D eigenvalue weighted by Crippen LogP contribution is -2.37. The maximum Gasteiger partial charge on any atom is 0.225 e. The second-order valence-electron chi connectivity index (χ2n) is 11.7. The van der Waals surface area contributed by atoms with E-state index < -0.39 is 5.82 Å². The van der Waals surface area contributed by atoms with Crippen molar-refractivity contribution in [2.45, 2.75) is 58.4 Å². The van der Waals surface area contributed by atoms with Crippen LogP contribution in [0.15, 0.2) is 42.6 Å². The number of hydrogen-bond acceptors (Lipinski definition) is 6. The van der Waals surface area contributed by atoms with Gasteiger partial charge >= 0.3 is 0 Å². The van der Waals surface area contributed by atoms with Gasteiger partial charge in [0, 0.05) is 31.1 Å². The number of halogens is 2. The van der Waals surface area contributed by atoms with E-state index in [1.807, 2.05) is 24.3 Å². The molecule has 0 bridgehead atoms. The molecule has 218 valence electrons. The van der Waals surface area contributed by atoms with Crippen molar-refractivity contribution in [3.8, 4) is 0 Å². The number of nitrogens with one attached hydrogen (secondary N) is 4. The van der Waals surface area contributed by atoms with Crippen LogP contribution in [0.2, 0.25) is 5.02 Å². The number of hydrogen-bond donors (Lipinski definition) is 4. The lowest BCUT2D eigenvalue weighted by atomic mass is 9.72. The highest BCUT2D eigenvalue weighted by molar-refractivity contribution is 6.31. The molecule has 7 nitrogen and oxygen atoms in total. The van der Waals surface area contributed by atoms with E-state index in [9.17, 15) is 9.18 Å². The summed E-state index contributed by atoms with van der Waals surface area (Å²) in [7, 11) is 1.73. The largest absolute Gasteiger partial charge is 0.367 e. The Balaban J connectivity index is 1.26. The van der Waals surface area contributed by atoms with Crippen LogP contribution in [-0.2, 0) is 11.3 Å². The topological polar surface area (TPSA) is 91.0 Å². The van der Waals surface area contributed by atoms with Gasteiger partial charge < -0.3 is 21.3 Å². The van der Waals surface area contributed by atoms with Gasteiger partial charge in [-0.05, 0) is 100 Å². The molecule has 2 aliphatic carbocycles. The van der Waals surface area contributed by atoms with Gasteiger partial charge in [0.2, 0.25) is 11.9 Å². The molecule has 1 unspecified atom stereocenters. The highest BCUT2D eigenvalue weighted by Gasteiger charge is 2.30. The molecular weight excluding hydrogens is 527 g/mol. The van der Waals surface area contributed by atoms with Gasteiger partial charge in [-0.25, -0.2) is 9.37 Å². The summed E-state index contributed by atoms with van der Waals surface area (Å²) in [5.41, 5.74) is 2.15. The van der Waals surface area contributed by atoms with Crippen LogP contribution in [0, 0.1) is 35.4 Å². The van der Waals surface area contributed by atoms with Gasteiger partial charge in [0.05, 0.1) is 6.20 Å². The molecule has 0 spiro atoms. The summed E-state index contributed by atoms with van der Waals surface area (Å²) in [5.74, 6) is 2.55. The molecule has 1 amide bonds. The fourth-order valence-electron chi connectivity index (χ4n) is 6.26. The molecule has 0 saturated heterocycles. The maximum absolute atomic E-state index is 14.6. The third kappa shape index (κ3) is 8.64. The second-order valence-corrected chi connectivity index (χ2v) is 12.1. The number of amides is 1. The molecule has 2 aromatic rings. The molecule has 40 heavy (non-hydrogen) atoms. The Morgan fingerprint density at radius 1 is 1.00 bits per heavy atom. The Kier molecular flexibility index (Phi) is 11.2. The minimum atomic E-state index is -0.458. The zero-order valence-corrected chi connectivity index (χ0v) is 24.6. The van der Waals surface area contributed by atoms with Crippen LogP contribution in [0.1, 0.15) is 57.4 Å². The Hall–Kier alpha value is -2.71. The standard InChI is InChI=1S/C31H44ClFN6O/c1-20(2)26-13-22(16-35-15-21-8-10-24(11-9-21)30(40)34-3)12-23(14-26)17-36-29-28(33)19-38-31(39-29)37-18-25-6-4-5-7-27(25)32/h4-7,19,21-24,26,35H,1,8-18H2,2-3H3,(H,34,40)(H2,36,37,38,39)/t21-,22-,23-,24+,26?/m0/s1. The zero-order valence-electron chi connectivity index (χ0n) is 23.8. The molecule has 2 aliphatic rings. The van der Waals surface area contributed by atoms with Crippen molar-refractivity contribution in [3.63, 3.8) is 0 Å². The molecule has 1 aromatic heterocycles. The Bertz CT molecular complexity index is 1140. The summed E-state index contributed by atoms with van der Waals surface area (Å²) in [6.45, 7) is 9.47. The van der Waals surface area contributed by atoms with Crippen molar-refractivity contribution in [1.82, 2.24) is 20.6 Å². The average Bonchev–Trinajstić information content (AvgIpc) is 2.96. The highest BCUT2D eigenvalue weighted by atomic mass is 35.5. The van der Waals surface area contributed by atoms with Crippen LogP contribution in [0.5, 0.6) is 0 Å². The predicted octanol–water partition coefficient (Wildman–Crippen LogP) is 6.04. The zero-order chi connectivity index (χ0) is 28.5. The first-order valence-electron chi connectivity index (χ1n) is 14.6. The number of carbonyl (C=O) groups excluding carboxylic acids is 1. The van der Waals surface area contributed by atoms with Crippen LogP contribution in [0.3, 0.4) is 0 Å². The van der Waals surface area contributed by atoms with E-state index in [0.717, 1.165) is 63.6 Å². The van der Waals surface area contributed by atoms with Gasteiger partial charge in [-0.1, -0.05) is 42.0 Å². The van der Waals surface area contributed by atoms with E-state index in [-0.39, 0.29) is 17.6 Å². The molecule has 2 fully saturated rings. The summed E-state index contributed by atoms with van der Waals surface area (Å²) in [5, 5.41) is 13.6. The van der Waals surface area contributed by atoms with Crippen LogP contribution in [0.25, 0.3) is 0 Å². The normalized spacial score (nSPS) is 24.8. The molecule has 0 radical (unpaired) electrons. The smallest absolute Gasteiger partial charge is 0.225 e. The molecule has 2 saturated carbocycles. The lowest BCUT2D eigenvalue weighted by Gasteiger charge is -2.36. The van der Waals surface area contributed by atoms with E-state index in [0.29, 0.717) is 47.7 Å². The molecule has 1 heterocycles. The quantitative estimate of drug-likeness (QED) is 0.232. The number of aromatic nitrogens is 2. The van der Waals surface area contributed by atoms with Crippen molar-refractivity contribution in [1.29, 1.82) is 0 Å². The predicted molar refractivity (Wildman–Crippen MR) is 161 cm³/mol. The van der Waals surface area contributed by atoms with Gasteiger partial charge in [0.1, 0.15) is 0 Å². The first-order chi connectivity index (χ1) is 19.3. The first-order valence-corrected chi connectivity index (χ1v) is 15.0. The number of rotatable bonds is 12. The van der Waals surface area contributed by atoms with Crippen molar-refractivity contribution in [2.24, 2.45) is 29.6 Å². The minimum Gasteiger partial charge on any atom is -0.367 e. The highest BCUT2D eigenvalue weighted by Crippen LogP contribution is 2.37. The van der Waals surface area contributed by atoms with E-state index >= 15 is 0 Å². The third-order valence-corrected chi connectivity index (χ3v) is 9.00. The second kappa shape index (κ2) is 14.8. The fraction of sp³-hybridized carbons (Fsp3) is 0.581. The van der Waals surface area contributed by atoms with Crippen molar-refractivity contribution >= 4 is 29.3 Å². The average molecular weight is 571 g/mol. The summed E-state index contributed by atoms with van der Waals surface area (Å²) < 4.78 is 14.6. The van der Waals surface area contributed by atoms with E-state index in [4.69, 9.17) is 11.6 Å². The summed E-state index contributed by atoms with van der Waals surface area (Å²) in [6.07, 6.45) is 8.66. The summed E-state index contributed by atoms with van der Waals surface area (Å²) in [4.78, 5) is 20.4. The van der Waals surface area contributed by atoms with Gasteiger partial charge in [0.25, 0.3) is 0 Å². The number of carbonyl (C=O) groups is 1. The van der Waals surface area contributed by atoms with Gasteiger partial charge in [0.15, 0.2) is 11.6 Å². The van der Waals surface area contributed by atoms with Crippen LogP contribution in [0.4, 0.5) is 16.2 Å². The number of benzene rings is 1. The van der Waals surface area contributed by atoms with Gasteiger partial charge in [-0.15, -0.1) is 0 Å². The summed E-state index contributed by atoms with van der Waals surface area (Å²) in [6, 6.07) is 7.57. The SMILES string of the molecule is C=C(C)C1C[C@@H](CNC[C@H]2CC[C@@H](C(=O)NC)CC2)C[C@H](CNc2nc(NCc3ccccc3Cl)ncc2F)C1. The third-order valence-electron chi connectivity index (χ3n) is 8.63. The molecular formula is C31H44ClFN6O. The lowest BCUT2D eigenvalue weighted by molar-refractivity contribution is -0.125. The number of allylic oxidation sites excluding steroid dienone is 1. The van der Waals surface area contributed by atoms with E-state index in [1.165, 1.54) is 11.8 Å². The van der Waals surface area contributed by atoms with Crippen LogP contribution >= 0.6 is 11.6 Å². The number of nitrogens with zero attached hydrogens (tertiary/aromatic N) is 2. The first kappa shape index (κ1) is 30.3. The van der Waals surface area contributed by atoms with Gasteiger partial charge in [-0.2, -0.15) is 4.98 Å². The molecule has 3 atom stereocenters. The molecule has 4 rings (SSSR count). The molecule has 0 aliphatic heterocycles. The Morgan fingerprint density at radius 3 is 2.40 bits per heavy atom. The minimum absolute atomic E-state index is 0.179. The van der Waals surface area contributed by atoms with Crippen molar-refractivity contribution in [3.05, 3.63) is 59.0 Å². The fourth-order valence-corrected chi connectivity index (χ4v) is 6.46. The Morgan fingerprint density at radius 2 is 1.70 bits per heavy atom. The Labute approximate surface area is 243 Å². The number of anilines is 2. The van der Waals surface area contributed by atoms with Crippen molar-refractivity contribution in [2.75, 3.05) is 37.3 Å². The van der Waals surface area contributed by atoms with Crippen molar-refractivity contribution < 1.29 is 9.18 Å². The van der Waals surface area contributed by atoms with Crippen LogP contribution < -0.4 is 21.3 Å². The maximum atomic E-state index is 14.6. The molecule has 1 aromatic carbocycles. The molecule has 4 N–H and O–H groups in total. The monoisotopic (exact) mass is 570 g/mol. The van der Waals surface area contributed by atoms with E-state index in [1.54, 1.807) is 7.05 Å². The summed E-state index contributed by atoms with van der Waals surface area (Å²) >= 11 is 6.24. The van der Waals surface area contributed by atoms with Crippen LogP contribution in [-0.4, -0.2) is 42.6 Å². The van der Waals surface area contributed by atoms with Gasteiger partial charge in [-0.3, -0.25) is 4.79 Å². The van der Waals surface area contributed by atoms with E-state index in [2.05, 4.69) is 44.7 Å². The molecule has 9 heteroatoms.